The Hall–Kier alpha value is -0.340. The summed E-state index contributed by atoms with van der Waals surface area (Å²) in [5, 5.41) is 3.53. The standard InChI is InChI=1S/C11H14BrN/c1-2-4-10-11-8(7-13-10)5-3-6-9(11)12/h3,5-6,10,13H,2,4,7H2,1H3. The highest BCUT2D eigenvalue weighted by Crippen LogP contribution is 2.34. The molecule has 0 bridgehead atoms. The van der Waals surface area contributed by atoms with E-state index in [-0.39, 0.29) is 0 Å². The molecular formula is C11H14BrN. The van der Waals surface area contributed by atoms with Gasteiger partial charge < -0.3 is 5.32 Å². The number of benzene rings is 1. The minimum absolute atomic E-state index is 0.565. The van der Waals surface area contributed by atoms with Crippen LogP contribution >= 0.6 is 15.9 Å². The van der Waals surface area contributed by atoms with Crippen LogP contribution in [0.1, 0.15) is 36.9 Å². The van der Waals surface area contributed by atoms with E-state index >= 15 is 0 Å². The highest BCUT2D eigenvalue weighted by atomic mass is 79.9. The van der Waals surface area contributed by atoms with Crippen molar-refractivity contribution in [3.8, 4) is 0 Å². The first-order valence-corrected chi connectivity index (χ1v) is 5.63. The molecule has 1 aliphatic heterocycles. The average Bonchev–Trinajstić information content (AvgIpc) is 2.51. The van der Waals surface area contributed by atoms with Gasteiger partial charge in [-0.3, -0.25) is 0 Å². The number of fused-ring (bicyclic) bond motifs is 1. The fourth-order valence-corrected chi connectivity index (χ4v) is 2.68. The second-order valence-electron chi connectivity index (χ2n) is 3.53. The Balaban J connectivity index is 2.34. The Morgan fingerprint density at radius 3 is 3.15 bits per heavy atom. The van der Waals surface area contributed by atoms with Gasteiger partial charge in [-0.25, -0.2) is 0 Å². The molecule has 1 aromatic carbocycles. The van der Waals surface area contributed by atoms with Crippen molar-refractivity contribution in [3.63, 3.8) is 0 Å². The van der Waals surface area contributed by atoms with E-state index in [0.29, 0.717) is 6.04 Å². The van der Waals surface area contributed by atoms with Gasteiger partial charge in [-0.15, -0.1) is 0 Å². The van der Waals surface area contributed by atoms with Crippen LogP contribution in [0.15, 0.2) is 22.7 Å². The van der Waals surface area contributed by atoms with Gasteiger partial charge in [-0.2, -0.15) is 0 Å². The van der Waals surface area contributed by atoms with Crippen molar-refractivity contribution in [1.82, 2.24) is 5.32 Å². The summed E-state index contributed by atoms with van der Waals surface area (Å²) in [7, 11) is 0. The fourth-order valence-electron chi connectivity index (χ4n) is 2.00. The molecule has 0 aromatic heterocycles. The predicted octanol–water partition coefficient (Wildman–Crippen LogP) is 3.39. The summed E-state index contributed by atoms with van der Waals surface area (Å²) in [4.78, 5) is 0. The minimum atomic E-state index is 0.565. The molecule has 0 amide bonds. The molecule has 1 heterocycles. The predicted molar refractivity (Wildman–Crippen MR) is 58.6 cm³/mol. The lowest BCUT2D eigenvalue weighted by Crippen LogP contribution is -2.11. The first-order chi connectivity index (χ1) is 6.33. The smallest absolute Gasteiger partial charge is 0.0337 e. The van der Waals surface area contributed by atoms with Gasteiger partial charge in [0.05, 0.1) is 0 Å². The lowest BCUT2D eigenvalue weighted by atomic mass is 10.0. The maximum absolute atomic E-state index is 3.62. The molecule has 0 saturated carbocycles. The Bertz CT molecular complexity index is 307. The van der Waals surface area contributed by atoms with Gasteiger partial charge in [0.15, 0.2) is 0 Å². The van der Waals surface area contributed by atoms with Crippen LogP contribution in [0, 0.1) is 0 Å². The molecular weight excluding hydrogens is 226 g/mol. The summed E-state index contributed by atoms with van der Waals surface area (Å²) in [6, 6.07) is 7.02. The Labute approximate surface area is 87.7 Å². The van der Waals surface area contributed by atoms with Crippen molar-refractivity contribution < 1.29 is 0 Å². The molecule has 13 heavy (non-hydrogen) atoms. The zero-order valence-electron chi connectivity index (χ0n) is 7.81. The van der Waals surface area contributed by atoms with Crippen molar-refractivity contribution in [2.24, 2.45) is 0 Å². The number of rotatable bonds is 2. The van der Waals surface area contributed by atoms with Gasteiger partial charge in [0.1, 0.15) is 0 Å². The van der Waals surface area contributed by atoms with Crippen molar-refractivity contribution in [2.45, 2.75) is 32.4 Å². The first kappa shape index (κ1) is 9.22. The van der Waals surface area contributed by atoms with E-state index in [1.54, 1.807) is 0 Å². The molecule has 1 nitrogen and oxygen atoms in total. The molecule has 0 radical (unpaired) electrons. The van der Waals surface area contributed by atoms with Gasteiger partial charge in [0.25, 0.3) is 0 Å². The quantitative estimate of drug-likeness (QED) is 0.835. The fraction of sp³-hybridized carbons (Fsp3) is 0.455. The zero-order valence-corrected chi connectivity index (χ0v) is 9.39. The molecule has 0 aliphatic carbocycles. The second kappa shape index (κ2) is 3.81. The van der Waals surface area contributed by atoms with E-state index in [4.69, 9.17) is 0 Å². The van der Waals surface area contributed by atoms with Gasteiger partial charge in [-0.1, -0.05) is 41.4 Å². The van der Waals surface area contributed by atoms with Crippen LogP contribution in [0.5, 0.6) is 0 Å². The van der Waals surface area contributed by atoms with Crippen molar-refractivity contribution in [1.29, 1.82) is 0 Å². The second-order valence-corrected chi connectivity index (χ2v) is 4.39. The molecule has 70 valence electrons. The summed E-state index contributed by atoms with van der Waals surface area (Å²) in [6.45, 7) is 3.26. The number of hydrogen-bond acceptors (Lipinski definition) is 1. The molecule has 0 fully saturated rings. The van der Waals surface area contributed by atoms with Crippen LogP contribution in [0.3, 0.4) is 0 Å². The lowest BCUT2D eigenvalue weighted by Gasteiger charge is -2.11. The summed E-state index contributed by atoms with van der Waals surface area (Å²) < 4.78 is 1.26. The Morgan fingerprint density at radius 2 is 2.38 bits per heavy atom. The molecule has 0 saturated heterocycles. The molecule has 1 atom stereocenters. The monoisotopic (exact) mass is 239 g/mol. The van der Waals surface area contributed by atoms with E-state index in [1.807, 2.05) is 0 Å². The van der Waals surface area contributed by atoms with Crippen LogP contribution < -0.4 is 5.32 Å². The molecule has 1 aliphatic rings. The van der Waals surface area contributed by atoms with Crippen molar-refractivity contribution in [3.05, 3.63) is 33.8 Å². The molecule has 1 aromatic rings. The van der Waals surface area contributed by atoms with E-state index in [1.165, 1.54) is 28.4 Å². The van der Waals surface area contributed by atoms with Gasteiger partial charge in [-0.05, 0) is 23.6 Å². The lowest BCUT2D eigenvalue weighted by molar-refractivity contribution is 0.534. The van der Waals surface area contributed by atoms with Crippen LogP contribution in [0.25, 0.3) is 0 Å². The van der Waals surface area contributed by atoms with E-state index < -0.39 is 0 Å². The molecule has 0 spiro atoms. The summed E-state index contributed by atoms with van der Waals surface area (Å²) in [5.74, 6) is 0. The maximum atomic E-state index is 3.62. The summed E-state index contributed by atoms with van der Waals surface area (Å²) in [6.07, 6.45) is 2.47. The maximum Gasteiger partial charge on any atom is 0.0337 e. The topological polar surface area (TPSA) is 12.0 Å². The first-order valence-electron chi connectivity index (χ1n) is 4.83. The van der Waals surface area contributed by atoms with Crippen LogP contribution in [0.2, 0.25) is 0 Å². The third-order valence-electron chi connectivity index (χ3n) is 2.61. The number of halogens is 1. The van der Waals surface area contributed by atoms with Gasteiger partial charge in [0, 0.05) is 17.1 Å². The molecule has 2 heteroatoms. The van der Waals surface area contributed by atoms with Crippen LogP contribution in [-0.4, -0.2) is 0 Å². The normalized spacial score (nSPS) is 20.3. The van der Waals surface area contributed by atoms with E-state index in [2.05, 4.69) is 46.4 Å². The summed E-state index contributed by atoms with van der Waals surface area (Å²) in [5.41, 5.74) is 2.93. The third kappa shape index (κ3) is 1.65. The summed E-state index contributed by atoms with van der Waals surface area (Å²) >= 11 is 3.62. The van der Waals surface area contributed by atoms with Crippen molar-refractivity contribution >= 4 is 15.9 Å². The third-order valence-corrected chi connectivity index (χ3v) is 3.30. The highest BCUT2D eigenvalue weighted by molar-refractivity contribution is 9.10. The molecule has 1 N–H and O–H groups in total. The molecule has 2 rings (SSSR count). The Kier molecular flexibility index (Phi) is 2.70. The highest BCUT2D eigenvalue weighted by Gasteiger charge is 2.22. The average molecular weight is 240 g/mol. The van der Waals surface area contributed by atoms with E-state index in [9.17, 15) is 0 Å². The van der Waals surface area contributed by atoms with E-state index in [0.717, 1.165) is 6.54 Å². The number of hydrogen-bond donors (Lipinski definition) is 1. The zero-order chi connectivity index (χ0) is 9.26. The number of nitrogens with one attached hydrogen (secondary N) is 1. The minimum Gasteiger partial charge on any atom is -0.306 e. The van der Waals surface area contributed by atoms with Gasteiger partial charge in [0.2, 0.25) is 0 Å². The molecule has 1 unspecified atom stereocenters. The largest absolute Gasteiger partial charge is 0.306 e. The van der Waals surface area contributed by atoms with Crippen molar-refractivity contribution in [2.75, 3.05) is 0 Å². The van der Waals surface area contributed by atoms with Gasteiger partial charge >= 0.3 is 0 Å². The SMILES string of the molecule is CCCC1NCc2cccc(Br)c21. The van der Waals surface area contributed by atoms with Crippen LogP contribution in [0.4, 0.5) is 0 Å². The van der Waals surface area contributed by atoms with Crippen LogP contribution in [-0.2, 0) is 6.54 Å². The Morgan fingerprint density at radius 1 is 1.54 bits per heavy atom.